The van der Waals surface area contributed by atoms with Gasteiger partial charge in [-0.1, -0.05) is 6.08 Å². The number of carboxylic acids is 2. The third-order valence-corrected chi connectivity index (χ3v) is 1.88. The highest BCUT2D eigenvalue weighted by atomic mass is 16.4. The predicted molar refractivity (Wildman–Crippen MR) is 59.6 cm³/mol. The average Bonchev–Trinajstić information content (AvgIpc) is 2.15. The Labute approximate surface area is 98.5 Å². The number of carbonyl (C=O) groups excluding carboxylic acids is 1. The summed E-state index contributed by atoms with van der Waals surface area (Å²) in [7, 11) is 0. The quantitative estimate of drug-likeness (QED) is 0.477. The highest BCUT2D eigenvalue weighted by molar-refractivity contribution is 5.86. The van der Waals surface area contributed by atoms with E-state index in [0.717, 1.165) is 0 Å². The van der Waals surface area contributed by atoms with Crippen LogP contribution < -0.4 is 10.6 Å². The molecule has 0 aromatic heterocycles. The van der Waals surface area contributed by atoms with E-state index in [0.29, 0.717) is 6.42 Å². The fourth-order valence-electron chi connectivity index (χ4n) is 1.11. The number of amides is 2. The van der Waals surface area contributed by atoms with Crippen LogP contribution in [0.15, 0.2) is 12.7 Å². The minimum absolute atomic E-state index is 0.202. The molecule has 2 atom stereocenters. The Bertz CT molecular complexity index is 316. The van der Waals surface area contributed by atoms with E-state index >= 15 is 0 Å². The van der Waals surface area contributed by atoms with Crippen molar-refractivity contribution in [1.29, 1.82) is 0 Å². The second kappa shape index (κ2) is 7.26. The molecule has 0 saturated carbocycles. The molecule has 0 aliphatic rings. The lowest BCUT2D eigenvalue weighted by molar-refractivity contribution is -0.145. The first-order valence-corrected chi connectivity index (χ1v) is 4.99. The lowest BCUT2D eigenvalue weighted by Gasteiger charge is -2.16. The summed E-state index contributed by atoms with van der Waals surface area (Å²) >= 11 is 0. The maximum Gasteiger partial charge on any atom is 0.326 e. The van der Waals surface area contributed by atoms with Crippen molar-refractivity contribution in [2.75, 3.05) is 0 Å². The number of carbonyl (C=O) groups is 3. The largest absolute Gasteiger partial charge is 0.481 e. The van der Waals surface area contributed by atoms with Gasteiger partial charge >= 0.3 is 18.0 Å². The van der Waals surface area contributed by atoms with Gasteiger partial charge in [-0.3, -0.25) is 4.79 Å². The Morgan fingerprint density at radius 1 is 1.29 bits per heavy atom. The zero-order valence-corrected chi connectivity index (χ0v) is 9.47. The summed E-state index contributed by atoms with van der Waals surface area (Å²) in [6.07, 6.45) is 1.47. The van der Waals surface area contributed by atoms with Crippen LogP contribution in [-0.4, -0.2) is 40.3 Å². The maximum atomic E-state index is 11.3. The van der Waals surface area contributed by atoms with Gasteiger partial charge in [0.2, 0.25) is 0 Å². The van der Waals surface area contributed by atoms with Gasteiger partial charge in [0.1, 0.15) is 6.04 Å². The normalized spacial score (nSPS) is 13.2. The summed E-state index contributed by atoms with van der Waals surface area (Å²) in [5, 5.41) is 21.7. The van der Waals surface area contributed by atoms with Crippen molar-refractivity contribution in [3.05, 3.63) is 12.7 Å². The van der Waals surface area contributed by atoms with Crippen LogP contribution in [0.4, 0.5) is 4.79 Å². The van der Waals surface area contributed by atoms with Crippen LogP contribution >= 0.6 is 0 Å². The van der Waals surface area contributed by atoms with E-state index in [-0.39, 0.29) is 6.04 Å². The average molecular weight is 244 g/mol. The lowest BCUT2D eigenvalue weighted by atomic mass is 10.2. The van der Waals surface area contributed by atoms with Gasteiger partial charge in [-0.15, -0.1) is 6.58 Å². The van der Waals surface area contributed by atoms with Gasteiger partial charge in [-0.2, -0.15) is 0 Å². The fraction of sp³-hybridized carbons (Fsp3) is 0.500. The molecule has 7 heteroatoms. The molecular formula is C10H16N2O5. The van der Waals surface area contributed by atoms with Gasteiger partial charge in [-0.25, -0.2) is 9.59 Å². The monoisotopic (exact) mass is 244 g/mol. The van der Waals surface area contributed by atoms with Crippen LogP contribution in [0.1, 0.15) is 19.8 Å². The zero-order valence-electron chi connectivity index (χ0n) is 9.47. The summed E-state index contributed by atoms with van der Waals surface area (Å²) in [4.78, 5) is 32.3. The second-order valence-electron chi connectivity index (χ2n) is 3.53. The molecule has 1 unspecified atom stereocenters. The Balaban J connectivity index is 4.26. The number of aliphatic carboxylic acids is 2. The van der Waals surface area contributed by atoms with Crippen molar-refractivity contribution in [2.45, 2.75) is 31.8 Å². The van der Waals surface area contributed by atoms with Crippen molar-refractivity contribution in [2.24, 2.45) is 0 Å². The van der Waals surface area contributed by atoms with Crippen molar-refractivity contribution in [3.63, 3.8) is 0 Å². The lowest BCUT2D eigenvalue weighted by Crippen LogP contribution is -2.49. The summed E-state index contributed by atoms with van der Waals surface area (Å²) in [5.41, 5.74) is 0. The van der Waals surface area contributed by atoms with Crippen molar-refractivity contribution < 1.29 is 24.6 Å². The third-order valence-electron chi connectivity index (χ3n) is 1.88. The number of rotatable bonds is 7. The van der Waals surface area contributed by atoms with Crippen LogP contribution in [0.3, 0.4) is 0 Å². The highest BCUT2D eigenvalue weighted by Gasteiger charge is 2.23. The molecule has 17 heavy (non-hydrogen) atoms. The number of urea groups is 1. The van der Waals surface area contributed by atoms with E-state index in [1.807, 2.05) is 0 Å². The first-order chi connectivity index (χ1) is 7.86. The Morgan fingerprint density at radius 2 is 1.88 bits per heavy atom. The molecule has 0 saturated heterocycles. The van der Waals surface area contributed by atoms with E-state index in [4.69, 9.17) is 10.2 Å². The number of carboxylic acid groups (broad SMARTS) is 2. The van der Waals surface area contributed by atoms with Gasteiger partial charge < -0.3 is 20.8 Å². The first-order valence-electron chi connectivity index (χ1n) is 4.99. The SMILES string of the molecule is C=CCC(C)NC(=O)N[C@H](CC(=O)O)C(=O)O. The molecule has 2 amide bonds. The molecule has 0 fully saturated rings. The van der Waals surface area contributed by atoms with E-state index in [9.17, 15) is 14.4 Å². The summed E-state index contributed by atoms with van der Waals surface area (Å²) in [6, 6.07) is -2.36. The highest BCUT2D eigenvalue weighted by Crippen LogP contribution is 1.94. The molecule has 0 radical (unpaired) electrons. The zero-order chi connectivity index (χ0) is 13.4. The molecule has 4 N–H and O–H groups in total. The topological polar surface area (TPSA) is 116 Å². The minimum atomic E-state index is -1.44. The molecule has 0 aliphatic carbocycles. The van der Waals surface area contributed by atoms with Gasteiger partial charge in [0.05, 0.1) is 6.42 Å². The van der Waals surface area contributed by atoms with Crippen LogP contribution in [-0.2, 0) is 9.59 Å². The van der Waals surface area contributed by atoms with Gasteiger partial charge in [0.15, 0.2) is 0 Å². The maximum absolute atomic E-state index is 11.3. The van der Waals surface area contributed by atoms with Crippen LogP contribution in [0.25, 0.3) is 0 Å². The molecule has 96 valence electrons. The molecular weight excluding hydrogens is 228 g/mol. The van der Waals surface area contributed by atoms with E-state index in [1.165, 1.54) is 0 Å². The molecule has 0 aromatic rings. The molecule has 0 aromatic carbocycles. The summed E-state index contributed by atoms with van der Waals surface area (Å²) in [6.45, 7) is 5.21. The second-order valence-corrected chi connectivity index (χ2v) is 3.53. The molecule has 0 bridgehead atoms. The third kappa shape index (κ3) is 6.93. The number of hydrogen-bond donors (Lipinski definition) is 4. The Hall–Kier alpha value is -2.05. The number of hydrogen-bond acceptors (Lipinski definition) is 3. The Kier molecular flexibility index (Phi) is 6.39. The predicted octanol–water partition coefficient (Wildman–Crippen LogP) is 0.178. The molecule has 0 rings (SSSR count). The molecule has 0 heterocycles. The standard InChI is InChI=1S/C10H16N2O5/c1-3-4-6(2)11-10(17)12-7(9(15)16)5-8(13)14/h3,6-7H,1,4-5H2,2H3,(H,13,14)(H,15,16)(H2,11,12,17)/t6?,7-/m1/s1. The van der Waals surface area contributed by atoms with Crippen molar-refractivity contribution >= 4 is 18.0 Å². The summed E-state index contributed by atoms with van der Waals surface area (Å²) < 4.78 is 0. The van der Waals surface area contributed by atoms with Gasteiger partial charge in [-0.05, 0) is 13.3 Å². The Morgan fingerprint density at radius 3 is 2.29 bits per heavy atom. The van der Waals surface area contributed by atoms with Gasteiger partial charge in [0, 0.05) is 6.04 Å². The van der Waals surface area contributed by atoms with E-state index in [2.05, 4.69) is 17.2 Å². The molecule has 0 spiro atoms. The number of nitrogens with one attached hydrogen (secondary N) is 2. The van der Waals surface area contributed by atoms with Crippen LogP contribution in [0, 0.1) is 0 Å². The summed E-state index contributed by atoms with van der Waals surface area (Å²) in [5.74, 6) is -2.68. The van der Waals surface area contributed by atoms with E-state index < -0.39 is 30.4 Å². The van der Waals surface area contributed by atoms with Crippen molar-refractivity contribution in [1.82, 2.24) is 10.6 Å². The molecule has 0 aliphatic heterocycles. The van der Waals surface area contributed by atoms with Gasteiger partial charge in [0.25, 0.3) is 0 Å². The van der Waals surface area contributed by atoms with Crippen molar-refractivity contribution in [3.8, 4) is 0 Å². The van der Waals surface area contributed by atoms with Crippen LogP contribution in [0.5, 0.6) is 0 Å². The fourth-order valence-corrected chi connectivity index (χ4v) is 1.11. The van der Waals surface area contributed by atoms with Crippen LogP contribution in [0.2, 0.25) is 0 Å². The molecule has 7 nitrogen and oxygen atoms in total. The van der Waals surface area contributed by atoms with E-state index in [1.54, 1.807) is 13.0 Å². The smallest absolute Gasteiger partial charge is 0.326 e. The minimum Gasteiger partial charge on any atom is -0.481 e. The first kappa shape index (κ1) is 14.9.